The van der Waals surface area contributed by atoms with Crippen molar-refractivity contribution < 1.29 is 14.7 Å². The summed E-state index contributed by atoms with van der Waals surface area (Å²) in [5, 5.41) is 16.9. The second kappa shape index (κ2) is 9.02. The van der Waals surface area contributed by atoms with Gasteiger partial charge >= 0.3 is 0 Å². The molecule has 0 spiro atoms. The molecule has 0 aromatic heterocycles. The van der Waals surface area contributed by atoms with Crippen LogP contribution in [0.2, 0.25) is 5.02 Å². The highest BCUT2D eigenvalue weighted by atomic mass is 35.5. The summed E-state index contributed by atoms with van der Waals surface area (Å²) < 4.78 is 0. The maximum Gasteiger partial charge on any atom is 0.251 e. The lowest BCUT2D eigenvalue weighted by molar-refractivity contribution is -0.130. The Bertz CT molecular complexity index is 990. The molecule has 3 rings (SSSR count). The first-order valence-corrected chi connectivity index (χ1v) is 10.5. The fourth-order valence-corrected chi connectivity index (χ4v) is 3.84. The Morgan fingerprint density at radius 1 is 1.23 bits per heavy atom. The molecule has 1 aliphatic heterocycles. The highest BCUT2D eigenvalue weighted by Gasteiger charge is 2.30. The van der Waals surface area contributed by atoms with Crippen LogP contribution in [0.4, 0.5) is 5.69 Å². The van der Waals surface area contributed by atoms with Gasteiger partial charge in [0.25, 0.3) is 5.91 Å². The predicted octanol–water partition coefficient (Wildman–Crippen LogP) is 4.08. The predicted molar refractivity (Wildman–Crippen MR) is 124 cm³/mol. The van der Waals surface area contributed by atoms with Crippen molar-refractivity contribution in [3.05, 3.63) is 70.8 Å². The van der Waals surface area contributed by atoms with Crippen LogP contribution in [0.15, 0.2) is 49.1 Å². The molecule has 0 aliphatic carbocycles. The van der Waals surface area contributed by atoms with Crippen molar-refractivity contribution in [2.45, 2.75) is 38.8 Å². The summed E-state index contributed by atoms with van der Waals surface area (Å²) >= 11 is 6.28. The zero-order chi connectivity index (χ0) is 22.8. The molecule has 0 atom stereocenters. The second-order valence-corrected chi connectivity index (χ2v) is 9.17. The molecule has 1 saturated heterocycles. The Morgan fingerprint density at radius 2 is 1.87 bits per heavy atom. The van der Waals surface area contributed by atoms with Crippen LogP contribution in [0.1, 0.15) is 42.3 Å². The number of anilines is 1. The number of likely N-dealkylation sites (tertiary alicyclic amines) is 1. The number of carbonyl (C=O) groups is 2. The van der Waals surface area contributed by atoms with Crippen LogP contribution in [0.25, 0.3) is 0 Å². The van der Waals surface area contributed by atoms with Gasteiger partial charge < -0.3 is 20.6 Å². The Balaban J connectivity index is 1.57. The number of nitrogens with one attached hydrogen (secondary N) is 2. The first kappa shape index (κ1) is 22.7. The number of amides is 2. The van der Waals surface area contributed by atoms with E-state index in [2.05, 4.69) is 38.0 Å². The molecule has 3 N–H and O–H groups in total. The van der Waals surface area contributed by atoms with Gasteiger partial charge in [0.1, 0.15) is 5.75 Å². The molecule has 1 heterocycles. The van der Waals surface area contributed by atoms with Crippen molar-refractivity contribution in [3.8, 4) is 5.75 Å². The number of hydrogen-bond donors (Lipinski definition) is 3. The van der Waals surface area contributed by atoms with E-state index in [-0.39, 0.29) is 29.0 Å². The number of phenolic OH excluding ortho intramolecular Hbond substituents is 1. The molecule has 164 valence electrons. The van der Waals surface area contributed by atoms with Crippen molar-refractivity contribution in [2.24, 2.45) is 0 Å². The van der Waals surface area contributed by atoms with E-state index in [9.17, 15) is 14.7 Å². The number of rotatable bonds is 6. The molecule has 31 heavy (non-hydrogen) atoms. The molecule has 6 nitrogen and oxygen atoms in total. The van der Waals surface area contributed by atoms with Gasteiger partial charge in [0.05, 0.1) is 11.7 Å². The Kier molecular flexibility index (Phi) is 6.60. The normalized spacial score (nSPS) is 14.0. The standard InChI is InChI=1S/C24H28ClN3O3/c1-5-22(30)28-13-17(14-28)27-23(31)16-8-6-15(7-9-16)12-26-20-10-18(24(2,3)4)19(25)11-21(20)29/h5-11,17,26,29H,1,12-14H2,2-4H3,(H,27,31). The van der Waals surface area contributed by atoms with E-state index in [1.54, 1.807) is 23.1 Å². The van der Waals surface area contributed by atoms with E-state index in [0.29, 0.717) is 35.9 Å². The quantitative estimate of drug-likeness (QED) is 0.466. The monoisotopic (exact) mass is 441 g/mol. The molecule has 1 aliphatic rings. The van der Waals surface area contributed by atoms with Crippen LogP contribution < -0.4 is 10.6 Å². The van der Waals surface area contributed by atoms with Gasteiger partial charge in [0.2, 0.25) is 5.91 Å². The minimum Gasteiger partial charge on any atom is -0.506 e. The van der Waals surface area contributed by atoms with Gasteiger partial charge in [-0.15, -0.1) is 0 Å². The molecular formula is C24H28ClN3O3. The zero-order valence-electron chi connectivity index (χ0n) is 18.0. The second-order valence-electron chi connectivity index (χ2n) is 8.77. The SMILES string of the molecule is C=CC(=O)N1CC(NC(=O)c2ccc(CNc3cc(C(C)(C)C)c(Cl)cc3O)cc2)C1. The number of carbonyl (C=O) groups excluding carboxylic acids is 2. The van der Waals surface area contributed by atoms with Crippen LogP contribution in [0.3, 0.4) is 0 Å². The van der Waals surface area contributed by atoms with Gasteiger partial charge in [0, 0.05) is 36.3 Å². The van der Waals surface area contributed by atoms with Gasteiger partial charge in [-0.1, -0.05) is 51.1 Å². The maximum atomic E-state index is 12.4. The molecule has 0 saturated carbocycles. The van der Waals surface area contributed by atoms with E-state index in [1.165, 1.54) is 6.08 Å². The highest BCUT2D eigenvalue weighted by Crippen LogP contribution is 2.37. The van der Waals surface area contributed by atoms with Crippen LogP contribution in [0, 0.1) is 0 Å². The zero-order valence-corrected chi connectivity index (χ0v) is 18.8. The van der Waals surface area contributed by atoms with Crippen LogP contribution in [0.5, 0.6) is 5.75 Å². The number of aromatic hydroxyl groups is 1. The summed E-state index contributed by atoms with van der Waals surface area (Å²) in [5.41, 5.74) is 2.94. The third kappa shape index (κ3) is 5.39. The molecule has 7 heteroatoms. The highest BCUT2D eigenvalue weighted by molar-refractivity contribution is 6.31. The van der Waals surface area contributed by atoms with E-state index in [1.807, 2.05) is 18.2 Å². The summed E-state index contributed by atoms with van der Waals surface area (Å²) in [6.45, 7) is 11.1. The topological polar surface area (TPSA) is 81.7 Å². The summed E-state index contributed by atoms with van der Waals surface area (Å²) in [6.07, 6.45) is 1.28. The average molecular weight is 442 g/mol. The van der Waals surface area contributed by atoms with Gasteiger partial charge in [0.15, 0.2) is 0 Å². The first-order valence-electron chi connectivity index (χ1n) is 10.2. The van der Waals surface area contributed by atoms with Crippen LogP contribution in [-0.2, 0) is 16.8 Å². The number of halogens is 1. The molecule has 0 bridgehead atoms. The fraction of sp³-hybridized carbons (Fsp3) is 0.333. The molecule has 0 radical (unpaired) electrons. The largest absolute Gasteiger partial charge is 0.506 e. The Labute approximate surface area is 187 Å². The maximum absolute atomic E-state index is 12.4. The van der Waals surface area contributed by atoms with E-state index < -0.39 is 0 Å². The average Bonchev–Trinajstić information content (AvgIpc) is 2.68. The van der Waals surface area contributed by atoms with Gasteiger partial charge in [-0.2, -0.15) is 0 Å². The van der Waals surface area contributed by atoms with Crippen LogP contribution >= 0.6 is 11.6 Å². The number of phenols is 1. The minimum atomic E-state index is -0.166. The summed E-state index contributed by atoms with van der Waals surface area (Å²) in [7, 11) is 0. The molecule has 2 aromatic carbocycles. The van der Waals surface area contributed by atoms with Gasteiger partial charge in [-0.3, -0.25) is 9.59 Å². The fourth-order valence-electron chi connectivity index (χ4n) is 3.40. The first-order chi connectivity index (χ1) is 14.6. The van der Waals surface area contributed by atoms with Crippen molar-refractivity contribution in [1.82, 2.24) is 10.2 Å². The minimum absolute atomic E-state index is 0.0392. The van der Waals surface area contributed by atoms with Crippen molar-refractivity contribution >= 4 is 29.1 Å². The lowest BCUT2D eigenvalue weighted by Gasteiger charge is -2.38. The molecular weight excluding hydrogens is 414 g/mol. The summed E-state index contributed by atoms with van der Waals surface area (Å²) in [5.74, 6) is -0.192. The summed E-state index contributed by atoms with van der Waals surface area (Å²) in [4.78, 5) is 25.5. The number of benzene rings is 2. The van der Waals surface area contributed by atoms with Crippen molar-refractivity contribution in [3.63, 3.8) is 0 Å². The van der Waals surface area contributed by atoms with E-state index in [4.69, 9.17) is 11.6 Å². The lowest BCUT2D eigenvalue weighted by Crippen LogP contribution is -2.60. The third-order valence-corrected chi connectivity index (χ3v) is 5.61. The molecule has 2 amide bonds. The lowest BCUT2D eigenvalue weighted by atomic mass is 9.86. The van der Waals surface area contributed by atoms with Crippen LogP contribution in [-0.4, -0.2) is 41.0 Å². The van der Waals surface area contributed by atoms with Crippen molar-refractivity contribution in [2.75, 3.05) is 18.4 Å². The third-order valence-electron chi connectivity index (χ3n) is 5.30. The molecule has 1 fully saturated rings. The molecule has 0 unspecified atom stereocenters. The Hall–Kier alpha value is -2.99. The van der Waals surface area contributed by atoms with Gasteiger partial charge in [-0.25, -0.2) is 0 Å². The number of nitrogens with zero attached hydrogens (tertiary/aromatic N) is 1. The smallest absolute Gasteiger partial charge is 0.251 e. The van der Waals surface area contributed by atoms with Crippen molar-refractivity contribution in [1.29, 1.82) is 0 Å². The van der Waals surface area contributed by atoms with E-state index in [0.717, 1.165) is 11.1 Å². The molecule has 2 aromatic rings. The van der Waals surface area contributed by atoms with E-state index >= 15 is 0 Å². The Morgan fingerprint density at radius 3 is 2.45 bits per heavy atom. The van der Waals surface area contributed by atoms with Gasteiger partial charge in [-0.05, 0) is 40.8 Å². The summed E-state index contributed by atoms with van der Waals surface area (Å²) in [6, 6.07) is 10.7. The number of hydrogen-bond acceptors (Lipinski definition) is 4.